The van der Waals surface area contributed by atoms with E-state index in [1.54, 1.807) is 0 Å². The van der Waals surface area contributed by atoms with Crippen molar-refractivity contribution >= 4 is 23.1 Å². The Morgan fingerprint density at radius 3 is 3.21 bits per heavy atom. The van der Waals surface area contributed by atoms with Gasteiger partial charge in [-0.05, 0) is 6.92 Å². The molecule has 4 nitrogen and oxygen atoms in total. The monoisotopic (exact) mass is 233 g/mol. The van der Waals surface area contributed by atoms with Crippen molar-refractivity contribution in [1.82, 2.24) is 14.5 Å². The number of nitrogens with zero attached hydrogens (tertiary/aromatic N) is 3. The smallest absolute Gasteiger partial charge is 0.138 e. The Hall–Kier alpha value is -0.230. The van der Waals surface area contributed by atoms with Crippen molar-refractivity contribution in [3.63, 3.8) is 0 Å². The van der Waals surface area contributed by atoms with E-state index in [0.29, 0.717) is 10.4 Å². The molecule has 0 bridgehead atoms. The number of morpholine rings is 1. The fraction of sp³-hybridized carbons (Fsp3) is 0.750. The third-order valence-corrected chi connectivity index (χ3v) is 3.35. The zero-order valence-corrected chi connectivity index (χ0v) is 9.51. The number of halogens is 1. The van der Waals surface area contributed by atoms with Crippen LogP contribution in [0.5, 0.6) is 0 Å². The van der Waals surface area contributed by atoms with Crippen molar-refractivity contribution in [2.75, 3.05) is 19.8 Å². The molecule has 1 aliphatic heterocycles. The summed E-state index contributed by atoms with van der Waals surface area (Å²) in [6.07, 6.45) is 0. The maximum atomic E-state index is 5.94. The molecular weight excluding hydrogens is 222 g/mol. The summed E-state index contributed by atoms with van der Waals surface area (Å²) in [5.41, 5.74) is 0.880. The summed E-state index contributed by atoms with van der Waals surface area (Å²) in [6, 6.07) is 0.432. The van der Waals surface area contributed by atoms with Crippen LogP contribution in [0.4, 0.5) is 0 Å². The summed E-state index contributed by atoms with van der Waals surface area (Å²) in [6.45, 7) is 5.44. The van der Waals surface area contributed by atoms with E-state index in [4.69, 9.17) is 16.3 Å². The van der Waals surface area contributed by atoms with Gasteiger partial charge in [0.15, 0.2) is 0 Å². The molecule has 1 aromatic rings. The molecule has 0 radical (unpaired) electrons. The minimum absolute atomic E-state index is 0.432. The van der Waals surface area contributed by atoms with E-state index < -0.39 is 0 Å². The molecule has 0 amide bonds. The van der Waals surface area contributed by atoms with E-state index in [9.17, 15) is 0 Å². The number of rotatable bonds is 2. The van der Waals surface area contributed by atoms with Crippen LogP contribution in [0.15, 0.2) is 0 Å². The first kappa shape index (κ1) is 10.3. The van der Waals surface area contributed by atoms with Crippen LogP contribution in [-0.2, 0) is 11.3 Å². The van der Waals surface area contributed by atoms with E-state index in [1.807, 2.05) is 0 Å². The Morgan fingerprint density at radius 1 is 1.71 bits per heavy atom. The summed E-state index contributed by atoms with van der Waals surface area (Å²) in [5.74, 6) is 0. The SMILES string of the molecule is CC1COCCN1Cc1nnsc1Cl. The summed E-state index contributed by atoms with van der Waals surface area (Å²) in [7, 11) is 0. The topological polar surface area (TPSA) is 38.2 Å². The lowest BCUT2D eigenvalue weighted by molar-refractivity contribution is -0.00489. The van der Waals surface area contributed by atoms with Gasteiger partial charge in [-0.15, -0.1) is 5.10 Å². The van der Waals surface area contributed by atoms with Gasteiger partial charge >= 0.3 is 0 Å². The molecule has 1 atom stereocenters. The fourth-order valence-electron chi connectivity index (χ4n) is 1.48. The standard InChI is InChI=1S/C8H12ClN3OS/c1-6-5-13-3-2-12(6)4-7-8(9)14-11-10-7/h6H,2-5H2,1H3. The zero-order chi connectivity index (χ0) is 9.97. The molecule has 14 heavy (non-hydrogen) atoms. The molecule has 0 aliphatic carbocycles. The molecule has 0 spiro atoms. The minimum Gasteiger partial charge on any atom is -0.379 e. The maximum absolute atomic E-state index is 5.94. The van der Waals surface area contributed by atoms with Crippen LogP contribution in [0.2, 0.25) is 4.34 Å². The van der Waals surface area contributed by atoms with E-state index in [-0.39, 0.29) is 0 Å². The van der Waals surface area contributed by atoms with Crippen LogP contribution in [-0.4, -0.2) is 40.3 Å². The second kappa shape index (κ2) is 4.53. The van der Waals surface area contributed by atoms with Gasteiger partial charge in [0.2, 0.25) is 0 Å². The molecule has 2 rings (SSSR count). The van der Waals surface area contributed by atoms with Crippen LogP contribution in [0.3, 0.4) is 0 Å². The first-order chi connectivity index (χ1) is 6.77. The van der Waals surface area contributed by atoms with Gasteiger partial charge in [0.25, 0.3) is 0 Å². The molecule has 1 fully saturated rings. The van der Waals surface area contributed by atoms with E-state index in [2.05, 4.69) is 21.4 Å². The number of hydrogen-bond acceptors (Lipinski definition) is 5. The first-order valence-corrected chi connectivity index (χ1v) is 5.71. The molecule has 1 saturated heterocycles. The Kier molecular flexibility index (Phi) is 3.33. The van der Waals surface area contributed by atoms with Crippen molar-refractivity contribution in [2.24, 2.45) is 0 Å². The molecule has 2 heterocycles. The molecular formula is C8H12ClN3OS. The second-order valence-corrected chi connectivity index (χ2v) is 4.74. The van der Waals surface area contributed by atoms with Gasteiger partial charge in [0.05, 0.1) is 13.2 Å². The molecule has 1 aliphatic rings. The van der Waals surface area contributed by atoms with Crippen LogP contribution in [0, 0.1) is 0 Å². The Bertz CT molecular complexity index is 307. The lowest BCUT2D eigenvalue weighted by Gasteiger charge is -2.32. The second-order valence-electron chi connectivity index (χ2n) is 3.39. The normalized spacial score (nSPS) is 24.0. The first-order valence-electron chi connectivity index (χ1n) is 4.56. The third kappa shape index (κ3) is 2.23. The molecule has 6 heteroatoms. The van der Waals surface area contributed by atoms with Gasteiger partial charge in [-0.3, -0.25) is 4.90 Å². The molecule has 1 aromatic heterocycles. The third-order valence-electron chi connectivity index (χ3n) is 2.37. The number of hydrogen-bond donors (Lipinski definition) is 0. The highest BCUT2D eigenvalue weighted by Crippen LogP contribution is 2.20. The Balaban J connectivity index is 1.99. The Morgan fingerprint density at radius 2 is 2.57 bits per heavy atom. The minimum atomic E-state index is 0.432. The average molecular weight is 234 g/mol. The summed E-state index contributed by atoms with van der Waals surface area (Å²) in [4.78, 5) is 2.31. The van der Waals surface area contributed by atoms with E-state index >= 15 is 0 Å². The fourth-order valence-corrected chi connectivity index (χ4v) is 2.09. The number of ether oxygens (including phenoxy) is 1. The van der Waals surface area contributed by atoms with Crippen LogP contribution in [0.1, 0.15) is 12.6 Å². The van der Waals surface area contributed by atoms with Gasteiger partial charge in [-0.1, -0.05) is 16.1 Å². The highest BCUT2D eigenvalue weighted by molar-refractivity contribution is 7.10. The Labute approximate surface area is 92.0 Å². The maximum Gasteiger partial charge on any atom is 0.138 e. The molecule has 0 aromatic carbocycles. The van der Waals surface area contributed by atoms with Crippen LogP contribution >= 0.6 is 23.1 Å². The number of aromatic nitrogens is 2. The van der Waals surface area contributed by atoms with Gasteiger partial charge in [-0.2, -0.15) is 0 Å². The van der Waals surface area contributed by atoms with Gasteiger partial charge in [0.1, 0.15) is 10.0 Å². The summed E-state index contributed by atoms with van der Waals surface area (Å²) < 4.78 is 9.87. The van der Waals surface area contributed by atoms with E-state index in [0.717, 1.165) is 32.0 Å². The van der Waals surface area contributed by atoms with Gasteiger partial charge in [-0.25, -0.2) is 0 Å². The van der Waals surface area contributed by atoms with Crippen LogP contribution < -0.4 is 0 Å². The average Bonchev–Trinajstić information content (AvgIpc) is 2.56. The van der Waals surface area contributed by atoms with Crippen molar-refractivity contribution in [1.29, 1.82) is 0 Å². The van der Waals surface area contributed by atoms with E-state index in [1.165, 1.54) is 11.5 Å². The molecule has 0 N–H and O–H groups in total. The lowest BCUT2D eigenvalue weighted by atomic mass is 10.2. The molecule has 1 unspecified atom stereocenters. The molecule has 78 valence electrons. The highest BCUT2D eigenvalue weighted by Gasteiger charge is 2.20. The van der Waals surface area contributed by atoms with Crippen LogP contribution in [0.25, 0.3) is 0 Å². The summed E-state index contributed by atoms with van der Waals surface area (Å²) >= 11 is 7.18. The van der Waals surface area contributed by atoms with Crippen molar-refractivity contribution in [3.05, 3.63) is 10.0 Å². The predicted molar refractivity (Wildman–Crippen MR) is 55.6 cm³/mol. The van der Waals surface area contributed by atoms with Crippen molar-refractivity contribution in [3.8, 4) is 0 Å². The summed E-state index contributed by atoms with van der Waals surface area (Å²) in [5, 5.41) is 4.00. The van der Waals surface area contributed by atoms with Crippen molar-refractivity contribution in [2.45, 2.75) is 19.5 Å². The van der Waals surface area contributed by atoms with Gasteiger partial charge < -0.3 is 4.74 Å². The quantitative estimate of drug-likeness (QED) is 0.774. The van der Waals surface area contributed by atoms with Crippen molar-refractivity contribution < 1.29 is 4.74 Å². The largest absolute Gasteiger partial charge is 0.379 e. The van der Waals surface area contributed by atoms with Gasteiger partial charge in [0, 0.05) is 30.7 Å². The lowest BCUT2D eigenvalue weighted by Crippen LogP contribution is -2.43. The highest BCUT2D eigenvalue weighted by atomic mass is 35.5. The zero-order valence-electron chi connectivity index (χ0n) is 7.94. The molecule has 0 saturated carbocycles. The predicted octanol–water partition coefficient (Wildman–Crippen LogP) is 1.41.